The molecule has 0 saturated carbocycles. The van der Waals surface area contributed by atoms with Crippen molar-refractivity contribution in [1.82, 2.24) is 10.6 Å². The van der Waals surface area contributed by atoms with E-state index in [-0.39, 0.29) is 17.7 Å². The third-order valence-electron chi connectivity index (χ3n) is 2.85. The normalized spacial score (nSPS) is 18.9. The van der Waals surface area contributed by atoms with Crippen LogP contribution in [0.4, 0.5) is 8.78 Å². The summed E-state index contributed by atoms with van der Waals surface area (Å²) in [6.45, 7) is -1.62. The number of carbonyl (C=O) groups excluding carboxylic acids is 1. The predicted octanol–water partition coefficient (Wildman–Crippen LogP) is 1.61. The molecule has 2 N–H and O–H groups in total. The summed E-state index contributed by atoms with van der Waals surface area (Å²) in [7, 11) is 0. The van der Waals surface area contributed by atoms with Crippen molar-refractivity contribution in [3.8, 4) is 5.75 Å². The van der Waals surface area contributed by atoms with E-state index in [4.69, 9.17) is 0 Å². The van der Waals surface area contributed by atoms with E-state index in [2.05, 4.69) is 15.4 Å². The number of nitrogens with one attached hydrogen (secondary N) is 2. The molecule has 1 aromatic rings. The Morgan fingerprint density at radius 1 is 1.45 bits per heavy atom. The van der Waals surface area contributed by atoms with Crippen LogP contribution in [0.2, 0.25) is 0 Å². The summed E-state index contributed by atoms with van der Waals surface area (Å²) in [6.07, 6.45) is 0. The Morgan fingerprint density at radius 3 is 2.80 bits per heavy atom. The smallest absolute Gasteiger partial charge is 0.387 e. The van der Waals surface area contributed by atoms with Crippen LogP contribution < -0.4 is 15.4 Å². The second kappa shape index (κ2) is 7.44. The van der Waals surface area contributed by atoms with Crippen molar-refractivity contribution in [1.29, 1.82) is 0 Å². The quantitative estimate of drug-likeness (QED) is 0.867. The lowest BCUT2D eigenvalue weighted by Gasteiger charge is -2.22. The van der Waals surface area contributed by atoms with Crippen LogP contribution >= 0.6 is 11.8 Å². The fourth-order valence-corrected chi connectivity index (χ4v) is 2.77. The summed E-state index contributed by atoms with van der Waals surface area (Å²) < 4.78 is 28.2. The Balaban J connectivity index is 1.79. The van der Waals surface area contributed by atoms with E-state index >= 15 is 0 Å². The van der Waals surface area contributed by atoms with Crippen LogP contribution in [0.3, 0.4) is 0 Å². The molecule has 0 aromatic heterocycles. The molecule has 1 amide bonds. The number of thioether (sulfide) groups is 1. The highest BCUT2D eigenvalue weighted by molar-refractivity contribution is 7.99. The van der Waals surface area contributed by atoms with E-state index in [1.807, 2.05) is 0 Å². The first-order valence-electron chi connectivity index (χ1n) is 6.28. The second-order valence-corrected chi connectivity index (χ2v) is 5.47. The van der Waals surface area contributed by atoms with Gasteiger partial charge in [-0.25, -0.2) is 0 Å². The summed E-state index contributed by atoms with van der Waals surface area (Å²) in [5.41, 5.74) is 0.837. The van der Waals surface area contributed by atoms with Crippen LogP contribution in [-0.4, -0.2) is 36.6 Å². The summed E-state index contributed by atoms with van der Waals surface area (Å²) >= 11 is 1.75. The zero-order chi connectivity index (χ0) is 14.4. The Morgan fingerprint density at radius 2 is 2.20 bits per heavy atom. The standard InChI is InChI=1S/C13H16F2N2O2S/c14-13(15)19-10-3-1-9(2-4-10)7-17-12(18)11-8-20-6-5-16-11/h1-4,11,13,16H,5-8H2,(H,17,18). The fourth-order valence-electron chi connectivity index (χ4n) is 1.83. The van der Waals surface area contributed by atoms with Crippen LogP contribution in [0, 0.1) is 0 Å². The molecule has 0 spiro atoms. The largest absolute Gasteiger partial charge is 0.435 e. The lowest BCUT2D eigenvalue weighted by Crippen LogP contribution is -2.48. The SMILES string of the molecule is O=C(NCc1ccc(OC(F)F)cc1)C1CSCCN1. The molecule has 1 aliphatic rings. The van der Waals surface area contributed by atoms with E-state index in [1.165, 1.54) is 12.1 Å². The summed E-state index contributed by atoms with van der Waals surface area (Å²) in [5.74, 6) is 1.87. The highest BCUT2D eigenvalue weighted by Gasteiger charge is 2.20. The number of ether oxygens (including phenoxy) is 1. The summed E-state index contributed by atoms with van der Waals surface area (Å²) in [4.78, 5) is 11.9. The third kappa shape index (κ3) is 4.64. The second-order valence-electron chi connectivity index (χ2n) is 4.32. The molecule has 1 unspecified atom stereocenters. The first-order valence-corrected chi connectivity index (χ1v) is 7.43. The monoisotopic (exact) mass is 302 g/mol. The van der Waals surface area contributed by atoms with Crippen LogP contribution in [0.15, 0.2) is 24.3 Å². The molecular weight excluding hydrogens is 286 g/mol. The first kappa shape index (κ1) is 15.1. The van der Waals surface area contributed by atoms with Crippen molar-refractivity contribution in [2.24, 2.45) is 0 Å². The van der Waals surface area contributed by atoms with Crippen molar-refractivity contribution in [2.75, 3.05) is 18.1 Å². The third-order valence-corrected chi connectivity index (χ3v) is 3.92. The molecule has 1 aromatic carbocycles. The minimum absolute atomic E-state index is 0.0369. The maximum atomic E-state index is 12.0. The lowest BCUT2D eigenvalue weighted by molar-refractivity contribution is -0.122. The van der Waals surface area contributed by atoms with E-state index in [0.29, 0.717) is 6.54 Å². The molecule has 0 radical (unpaired) electrons. The predicted molar refractivity (Wildman–Crippen MR) is 74.0 cm³/mol. The minimum Gasteiger partial charge on any atom is -0.435 e. The van der Waals surface area contributed by atoms with E-state index in [1.54, 1.807) is 23.9 Å². The van der Waals surface area contributed by atoms with Gasteiger partial charge in [0.25, 0.3) is 0 Å². The molecule has 4 nitrogen and oxygen atoms in total. The van der Waals surface area contributed by atoms with E-state index < -0.39 is 6.61 Å². The van der Waals surface area contributed by atoms with Gasteiger partial charge in [-0.15, -0.1) is 0 Å². The highest BCUT2D eigenvalue weighted by Crippen LogP contribution is 2.15. The van der Waals surface area contributed by atoms with Gasteiger partial charge >= 0.3 is 6.61 Å². The fraction of sp³-hybridized carbons (Fsp3) is 0.462. The van der Waals surface area contributed by atoms with Gasteiger partial charge in [0, 0.05) is 24.6 Å². The Kier molecular flexibility index (Phi) is 5.60. The number of hydrogen-bond donors (Lipinski definition) is 2. The number of amides is 1. The Hall–Kier alpha value is -1.34. The highest BCUT2D eigenvalue weighted by atomic mass is 32.2. The molecule has 1 atom stereocenters. The number of hydrogen-bond acceptors (Lipinski definition) is 4. The first-order chi connectivity index (χ1) is 9.65. The molecule has 2 rings (SSSR count). The van der Waals surface area contributed by atoms with Crippen LogP contribution in [0.5, 0.6) is 5.75 Å². The summed E-state index contributed by atoms with van der Waals surface area (Å²) in [6, 6.07) is 6.07. The topological polar surface area (TPSA) is 50.4 Å². The maximum absolute atomic E-state index is 12.0. The van der Waals surface area contributed by atoms with Crippen LogP contribution in [-0.2, 0) is 11.3 Å². The van der Waals surface area contributed by atoms with Gasteiger partial charge in [-0.1, -0.05) is 12.1 Å². The van der Waals surface area contributed by atoms with Gasteiger partial charge in [0.05, 0.1) is 6.04 Å². The average Bonchev–Trinajstić information content (AvgIpc) is 2.46. The molecule has 1 heterocycles. The molecule has 1 saturated heterocycles. The van der Waals surface area contributed by atoms with Crippen molar-refractivity contribution in [2.45, 2.75) is 19.2 Å². The van der Waals surface area contributed by atoms with Crippen LogP contribution in [0.1, 0.15) is 5.56 Å². The average molecular weight is 302 g/mol. The van der Waals surface area contributed by atoms with E-state index in [9.17, 15) is 13.6 Å². The van der Waals surface area contributed by atoms with Crippen molar-refractivity contribution in [3.05, 3.63) is 29.8 Å². The Labute approximate surface area is 120 Å². The van der Waals surface area contributed by atoms with E-state index in [0.717, 1.165) is 23.6 Å². The molecule has 20 heavy (non-hydrogen) atoms. The van der Waals surface area contributed by atoms with Gasteiger partial charge in [-0.2, -0.15) is 20.5 Å². The molecule has 0 bridgehead atoms. The molecule has 1 aliphatic heterocycles. The zero-order valence-electron chi connectivity index (χ0n) is 10.8. The van der Waals surface area contributed by atoms with Gasteiger partial charge < -0.3 is 15.4 Å². The number of alkyl halides is 2. The molecule has 7 heteroatoms. The Bertz CT molecular complexity index is 437. The molecule has 0 aliphatic carbocycles. The number of benzene rings is 1. The van der Waals surface area contributed by atoms with Gasteiger partial charge in [0.15, 0.2) is 0 Å². The van der Waals surface area contributed by atoms with Gasteiger partial charge in [0.2, 0.25) is 5.91 Å². The number of rotatable bonds is 5. The minimum atomic E-state index is -2.82. The number of halogens is 2. The van der Waals surface area contributed by atoms with Crippen molar-refractivity contribution in [3.63, 3.8) is 0 Å². The zero-order valence-corrected chi connectivity index (χ0v) is 11.6. The van der Waals surface area contributed by atoms with Gasteiger partial charge in [-0.05, 0) is 17.7 Å². The van der Waals surface area contributed by atoms with Crippen molar-refractivity contribution >= 4 is 17.7 Å². The van der Waals surface area contributed by atoms with Gasteiger partial charge in [0.1, 0.15) is 5.75 Å². The van der Waals surface area contributed by atoms with Gasteiger partial charge in [-0.3, -0.25) is 4.79 Å². The van der Waals surface area contributed by atoms with Crippen LogP contribution in [0.25, 0.3) is 0 Å². The molecular formula is C13H16F2N2O2S. The molecule has 110 valence electrons. The lowest BCUT2D eigenvalue weighted by atomic mass is 10.2. The number of carbonyl (C=O) groups is 1. The maximum Gasteiger partial charge on any atom is 0.387 e. The van der Waals surface area contributed by atoms with Crippen molar-refractivity contribution < 1.29 is 18.3 Å². The molecule has 1 fully saturated rings. The summed E-state index contributed by atoms with van der Waals surface area (Å²) in [5, 5.41) is 5.97.